The minimum Gasteiger partial charge on any atom is -0.360 e. The van der Waals surface area contributed by atoms with Crippen LogP contribution in [0.2, 0.25) is 0 Å². The van der Waals surface area contributed by atoms with E-state index in [0.29, 0.717) is 6.61 Å². The van der Waals surface area contributed by atoms with Gasteiger partial charge < -0.3 is 28.4 Å². The lowest BCUT2D eigenvalue weighted by Crippen LogP contribution is -2.44. The zero-order valence-electron chi connectivity index (χ0n) is 15.4. The van der Waals surface area contributed by atoms with Gasteiger partial charge in [-0.05, 0) is 39.1 Å². The highest BCUT2D eigenvalue weighted by molar-refractivity contribution is 7.10. The monoisotopic (exact) mass is 380 g/mol. The SMILES string of the molecule is CC1(C)O[C@H]2O[C@H]([C@H]3COC(C)(C)O3)[C@@H](OCC#Cc3cccs3)[C@H]2O1. The van der Waals surface area contributed by atoms with Crippen LogP contribution in [0.5, 0.6) is 0 Å². The van der Waals surface area contributed by atoms with Gasteiger partial charge in [-0.3, -0.25) is 0 Å². The van der Waals surface area contributed by atoms with E-state index in [4.69, 9.17) is 28.4 Å². The Hall–Kier alpha value is -0.980. The topological polar surface area (TPSA) is 55.4 Å². The van der Waals surface area contributed by atoms with Crippen molar-refractivity contribution in [1.82, 2.24) is 0 Å². The Morgan fingerprint density at radius 3 is 2.69 bits per heavy atom. The number of ether oxygens (including phenoxy) is 6. The van der Waals surface area contributed by atoms with Crippen LogP contribution in [0.4, 0.5) is 0 Å². The van der Waals surface area contributed by atoms with Gasteiger partial charge in [0.15, 0.2) is 17.9 Å². The largest absolute Gasteiger partial charge is 0.360 e. The van der Waals surface area contributed by atoms with Gasteiger partial charge in [0.1, 0.15) is 31.0 Å². The highest BCUT2D eigenvalue weighted by Crippen LogP contribution is 2.41. The van der Waals surface area contributed by atoms with Crippen LogP contribution in [0.15, 0.2) is 17.5 Å². The third-order valence-electron chi connectivity index (χ3n) is 4.50. The molecule has 3 aliphatic heterocycles. The van der Waals surface area contributed by atoms with E-state index in [9.17, 15) is 0 Å². The van der Waals surface area contributed by atoms with Gasteiger partial charge in [0.2, 0.25) is 0 Å². The number of fused-ring (bicyclic) bond motifs is 1. The predicted molar refractivity (Wildman–Crippen MR) is 94.5 cm³/mol. The molecule has 4 rings (SSSR count). The maximum atomic E-state index is 6.09. The number of thiophene rings is 1. The molecule has 3 saturated heterocycles. The Balaban J connectivity index is 1.45. The van der Waals surface area contributed by atoms with Gasteiger partial charge in [-0.1, -0.05) is 17.9 Å². The first-order chi connectivity index (χ1) is 12.3. The van der Waals surface area contributed by atoms with Gasteiger partial charge in [-0.15, -0.1) is 11.3 Å². The summed E-state index contributed by atoms with van der Waals surface area (Å²) in [5, 5.41) is 2.00. The summed E-state index contributed by atoms with van der Waals surface area (Å²) in [6.07, 6.45) is -1.68. The molecule has 0 saturated carbocycles. The number of rotatable bonds is 3. The number of hydrogen-bond acceptors (Lipinski definition) is 7. The Bertz CT molecular complexity index is 689. The van der Waals surface area contributed by atoms with Crippen LogP contribution in [0.1, 0.15) is 32.6 Å². The summed E-state index contributed by atoms with van der Waals surface area (Å²) in [6, 6.07) is 3.96. The molecule has 0 amide bonds. The second-order valence-electron chi connectivity index (χ2n) is 7.49. The molecule has 142 valence electrons. The van der Waals surface area contributed by atoms with E-state index < -0.39 is 17.9 Å². The molecule has 0 N–H and O–H groups in total. The van der Waals surface area contributed by atoms with Crippen molar-refractivity contribution < 1.29 is 28.4 Å². The van der Waals surface area contributed by atoms with Gasteiger partial charge in [-0.25, -0.2) is 0 Å². The standard InChI is InChI=1S/C19H24O6S/c1-18(2)21-11-13(23-18)14-15(16-17(22-14)25-19(3,4)24-16)20-9-5-7-12-8-6-10-26-12/h6,8,10,13-17H,9,11H2,1-4H3/t13-,14-,15-,16-,17-/m1/s1. The van der Waals surface area contributed by atoms with Crippen molar-refractivity contribution in [3.63, 3.8) is 0 Å². The van der Waals surface area contributed by atoms with Crippen molar-refractivity contribution in [3.05, 3.63) is 22.4 Å². The Morgan fingerprint density at radius 1 is 1.15 bits per heavy atom. The van der Waals surface area contributed by atoms with E-state index in [0.717, 1.165) is 4.88 Å². The normalized spacial score (nSPS) is 37.3. The third-order valence-corrected chi connectivity index (χ3v) is 5.29. The van der Waals surface area contributed by atoms with Crippen LogP contribution in [0, 0.1) is 11.8 Å². The van der Waals surface area contributed by atoms with Crippen molar-refractivity contribution in [2.45, 2.75) is 70.0 Å². The molecular weight excluding hydrogens is 356 g/mol. The molecule has 5 atom stereocenters. The van der Waals surface area contributed by atoms with Gasteiger partial charge >= 0.3 is 0 Å². The van der Waals surface area contributed by atoms with Crippen molar-refractivity contribution >= 4 is 11.3 Å². The summed E-state index contributed by atoms with van der Waals surface area (Å²) in [6.45, 7) is 8.25. The summed E-state index contributed by atoms with van der Waals surface area (Å²) >= 11 is 1.61. The summed E-state index contributed by atoms with van der Waals surface area (Å²) < 4.78 is 35.7. The second kappa shape index (κ2) is 6.88. The summed E-state index contributed by atoms with van der Waals surface area (Å²) in [7, 11) is 0. The van der Waals surface area contributed by atoms with E-state index in [1.807, 2.05) is 45.2 Å². The highest BCUT2D eigenvalue weighted by atomic mass is 32.1. The van der Waals surface area contributed by atoms with E-state index in [1.165, 1.54) is 0 Å². The minimum absolute atomic E-state index is 0.235. The first-order valence-electron chi connectivity index (χ1n) is 8.80. The molecule has 3 fully saturated rings. The molecule has 0 bridgehead atoms. The van der Waals surface area contributed by atoms with Gasteiger partial charge in [0.25, 0.3) is 0 Å². The third kappa shape index (κ3) is 3.82. The Kier molecular flexibility index (Phi) is 4.86. The zero-order valence-corrected chi connectivity index (χ0v) is 16.2. The van der Waals surface area contributed by atoms with E-state index in [1.54, 1.807) is 11.3 Å². The van der Waals surface area contributed by atoms with Crippen molar-refractivity contribution in [2.75, 3.05) is 13.2 Å². The second-order valence-corrected chi connectivity index (χ2v) is 8.44. The van der Waals surface area contributed by atoms with Crippen molar-refractivity contribution in [2.24, 2.45) is 0 Å². The number of hydrogen-bond donors (Lipinski definition) is 0. The average molecular weight is 380 g/mol. The fourth-order valence-corrected chi connectivity index (χ4v) is 4.07. The smallest absolute Gasteiger partial charge is 0.190 e. The van der Waals surface area contributed by atoms with Gasteiger partial charge in [0.05, 0.1) is 11.5 Å². The maximum Gasteiger partial charge on any atom is 0.190 e. The lowest BCUT2D eigenvalue weighted by Gasteiger charge is -2.28. The fraction of sp³-hybridized carbons (Fsp3) is 0.684. The molecule has 0 spiro atoms. The summed E-state index contributed by atoms with van der Waals surface area (Å²) in [4.78, 5) is 1.02. The molecule has 3 aliphatic rings. The van der Waals surface area contributed by atoms with Gasteiger partial charge in [-0.2, -0.15) is 0 Å². The lowest BCUT2D eigenvalue weighted by atomic mass is 10.1. The van der Waals surface area contributed by atoms with Gasteiger partial charge in [0, 0.05) is 0 Å². The zero-order chi connectivity index (χ0) is 18.4. The van der Waals surface area contributed by atoms with Crippen LogP contribution in [-0.4, -0.2) is 55.5 Å². The average Bonchev–Trinajstić information content (AvgIpc) is 3.28. The van der Waals surface area contributed by atoms with Crippen LogP contribution >= 0.6 is 11.3 Å². The van der Waals surface area contributed by atoms with Crippen molar-refractivity contribution in [1.29, 1.82) is 0 Å². The maximum absolute atomic E-state index is 6.09. The molecule has 0 radical (unpaired) electrons. The molecule has 4 heterocycles. The lowest BCUT2D eigenvalue weighted by molar-refractivity contribution is -0.235. The van der Waals surface area contributed by atoms with Crippen LogP contribution in [0.25, 0.3) is 0 Å². The molecule has 7 heteroatoms. The van der Waals surface area contributed by atoms with Crippen LogP contribution < -0.4 is 0 Å². The predicted octanol–water partition coefficient (Wildman–Crippen LogP) is 2.51. The summed E-state index contributed by atoms with van der Waals surface area (Å²) in [5.41, 5.74) is 0. The first-order valence-corrected chi connectivity index (χ1v) is 9.68. The summed E-state index contributed by atoms with van der Waals surface area (Å²) in [5.74, 6) is 4.83. The molecular formula is C19H24O6S. The van der Waals surface area contributed by atoms with E-state index >= 15 is 0 Å². The molecule has 6 nitrogen and oxygen atoms in total. The minimum atomic E-state index is -0.698. The molecule has 0 aromatic carbocycles. The van der Waals surface area contributed by atoms with Crippen LogP contribution in [0.3, 0.4) is 0 Å². The van der Waals surface area contributed by atoms with Crippen LogP contribution in [-0.2, 0) is 28.4 Å². The van der Waals surface area contributed by atoms with Crippen molar-refractivity contribution in [3.8, 4) is 11.8 Å². The molecule has 0 unspecified atom stereocenters. The van der Waals surface area contributed by atoms with E-state index in [2.05, 4.69) is 11.8 Å². The molecule has 1 aromatic heterocycles. The highest BCUT2D eigenvalue weighted by Gasteiger charge is 2.58. The first kappa shape index (κ1) is 18.4. The molecule has 0 aliphatic carbocycles. The Morgan fingerprint density at radius 2 is 2.00 bits per heavy atom. The molecule has 1 aromatic rings. The fourth-order valence-electron chi connectivity index (χ4n) is 3.48. The van der Waals surface area contributed by atoms with E-state index in [-0.39, 0.29) is 31.0 Å². The quantitative estimate of drug-likeness (QED) is 0.751. The molecule has 26 heavy (non-hydrogen) atoms. The Labute approximate surface area is 157 Å².